The number of piperidine rings is 1. The first-order chi connectivity index (χ1) is 5.95. The van der Waals surface area contributed by atoms with Crippen LogP contribution in [-0.4, -0.2) is 29.6 Å². The second kappa shape index (κ2) is 3.97. The van der Waals surface area contributed by atoms with Crippen molar-refractivity contribution in [1.29, 1.82) is 0 Å². The molecule has 2 heteroatoms. The summed E-state index contributed by atoms with van der Waals surface area (Å²) >= 11 is 0. The molecule has 0 amide bonds. The lowest BCUT2D eigenvalue weighted by Crippen LogP contribution is -2.53. The van der Waals surface area contributed by atoms with Gasteiger partial charge in [0.2, 0.25) is 0 Å². The maximum absolute atomic E-state index is 6.07. The van der Waals surface area contributed by atoms with E-state index in [9.17, 15) is 0 Å². The summed E-state index contributed by atoms with van der Waals surface area (Å²) < 4.78 is 0. The third kappa shape index (κ3) is 2.68. The van der Waals surface area contributed by atoms with Gasteiger partial charge in [-0.25, -0.2) is 0 Å². The Labute approximate surface area is 82.5 Å². The summed E-state index contributed by atoms with van der Waals surface area (Å²) in [7, 11) is 0. The van der Waals surface area contributed by atoms with E-state index in [2.05, 4.69) is 32.6 Å². The van der Waals surface area contributed by atoms with Crippen LogP contribution >= 0.6 is 0 Å². The minimum absolute atomic E-state index is 0.313. The fraction of sp³-hybridized carbons (Fsp3) is 1.00. The predicted molar refractivity (Wildman–Crippen MR) is 57.7 cm³/mol. The Balaban J connectivity index is 2.55. The molecule has 1 aliphatic rings. The van der Waals surface area contributed by atoms with E-state index in [4.69, 9.17) is 5.73 Å². The Bertz CT molecular complexity index is 160. The molecule has 2 unspecified atom stereocenters. The first-order valence-corrected chi connectivity index (χ1v) is 5.45. The molecule has 0 aliphatic carbocycles. The van der Waals surface area contributed by atoms with E-state index in [1.54, 1.807) is 0 Å². The summed E-state index contributed by atoms with van der Waals surface area (Å²) in [5.41, 5.74) is 6.38. The van der Waals surface area contributed by atoms with Gasteiger partial charge >= 0.3 is 0 Å². The molecule has 1 saturated heterocycles. The molecule has 0 aromatic rings. The van der Waals surface area contributed by atoms with Crippen LogP contribution in [0.2, 0.25) is 0 Å². The van der Waals surface area contributed by atoms with Gasteiger partial charge in [-0.1, -0.05) is 13.3 Å². The monoisotopic (exact) mass is 184 g/mol. The molecule has 0 radical (unpaired) electrons. The smallest absolute Gasteiger partial charge is 0.0125 e. The van der Waals surface area contributed by atoms with Crippen LogP contribution in [0.25, 0.3) is 0 Å². The Morgan fingerprint density at radius 3 is 2.46 bits per heavy atom. The van der Waals surface area contributed by atoms with Crippen molar-refractivity contribution in [2.45, 2.75) is 52.1 Å². The van der Waals surface area contributed by atoms with E-state index >= 15 is 0 Å². The lowest BCUT2D eigenvalue weighted by Gasteiger charge is -2.43. The maximum atomic E-state index is 6.07. The van der Waals surface area contributed by atoms with Crippen LogP contribution in [0.4, 0.5) is 0 Å². The summed E-state index contributed by atoms with van der Waals surface area (Å²) in [6.07, 6.45) is 2.38. The average Bonchev–Trinajstić information content (AvgIpc) is 2.03. The van der Waals surface area contributed by atoms with Gasteiger partial charge in [0.25, 0.3) is 0 Å². The van der Waals surface area contributed by atoms with Crippen LogP contribution in [0, 0.1) is 5.92 Å². The molecule has 0 bridgehead atoms. The molecule has 2 N–H and O–H groups in total. The topological polar surface area (TPSA) is 29.3 Å². The van der Waals surface area contributed by atoms with Crippen molar-refractivity contribution in [2.24, 2.45) is 11.7 Å². The van der Waals surface area contributed by atoms with E-state index in [0.29, 0.717) is 17.5 Å². The van der Waals surface area contributed by atoms with Gasteiger partial charge in [0, 0.05) is 24.7 Å². The van der Waals surface area contributed by atoms with Crippen molar-refractivity contribution < 1.29 is 0 Å². The number of hydrogen-bond acceptors (Lipinski definition) is 2. The van der Waals surface area contributed by atoms with Crippen molar-refractivity contribution in [3.63, 3.8) is 0 Å². The standard InChI is InChI=1S/C11H24N2/c1-5-9-8-13(11(2,3)4)7-6-10(9)12/h9-10H,5-8,12H2,1-4H3. The van der Waals surface area contributed by atoms with Crippen LogP contribution in [0.1, 0.15) is 40.5 Å². The lowest BCUT2D eigenvalue weighted by atomic mass is 9.88. The molecule has 0 saturated carbocycles. The predicted octanol–water partition coefficient (Wildman–Crippen LogP) is 1.84. The summed E-state index contributed by atoms with van der Waals surface area (Å²) in [6, 6.07) is 0.434. The van der Waals surface area contributed by atoms with Gasteiger partial charge in [-0.3, -0.25) is 4.90 Å². The highest BCUT2D eigenvalue weighted by molar-refractivity contribution is 4.87. The van der Waals surface area contributed by atoms with E-state index in [-0.39, 0.29) is 0 Å². The average molecular weight is 184 g/mol. The summed E-state index contributed by atoms with van der Waals surface area (Å²) in [4.78, 5) is 2.56. The third-order valence-corrected chi connectivity index (χ3v) is 3.27. The van der Waals surface area contributed by atoms with Crippen molar-refractivity contribution >= 4 is 0 Å². The molecule has 13 heavy (non-hydrogen) atoms. The molecule has 2 atom stereocenters. The Morgan fingerprint density at radius 1 is 1.38 bits per heavy atom. The van der Waals surface area contributed by atoms with Gasteiger partial charge in [0.1, 0.15) is 0 Å². The fourth-order valence-corrected chi connectivity index (χ4v) is 2.09. The van der Waals surface area contributed by atoms with Crippen LogP contribution in [0.5, 0.6) is 0 Å². The zero-order valence-electron chi connectivity index (χ0n) is 9.51. The van der Waals surface area contributed by atoms with Gasteiger partial charge in [0.05, 0.1) is 0 Å². The molecule has 1 rings (SSSR count). The summed E-state index contributed by atoms with van der Waals surface area (Å²) in [6.45, 7) is 11.5. The Hall–Kier alpha value is -0.0800. The van der Waals surface area contributed by atoms with E-state index in [1.165, 1.54) is 19.5 Å². The summed E-state index contributed by atoms with van der Waals surface area (Å²) in [5.74, 6) is 0.702. The largest absolute Gasteiger partial charge is 0.327 e. The number of likely N-dealkylation sites (tertiary alicyclic amines) is 1. The quantitative estimate of drug-likeness (QED) is 0.674. The number of rotatable bonds is 1. The molecule has 1 aliphatic heterocycles. The van der Waals surface area contributed by atoms with Gasteiger partial charge in [0.15, 0.2) is 0 Å². The zero-order valence-corrected chi connectivity index (χ0v) is 9.51. The second-order valence-electron chi connectivity index (χ2n) is 5.24. The van der Waals surface area contributed by atoms with Crippen LogP contribution in [0.3, 0.4) is 0 Å². The Kier molecular flexibility index (Phi) is 3.36. The van der Waals surface area contributed by atoms with Gasteiger partial charge in [-0.05, 0) is 33.1 Å². The molecule has 1 fully saturated rings. The second-order valence-corrected chi connectivity index (χ2v) is 5.24. The zero-order chi connectivity index (χ0) is 10.1. The first-order valence-electron chi connectivity index (χ1n) is 5.45. The van der Waals surface area contributed by atoms with Gasteiger partial charge in [-0.15, -0.1) is 0 Å². The van der Waals surface area contributed by atoms with Crippen molar-refractivity contribution in [3.05, 3.63) is 0 Å². The van der Waals surface area contributed by atoms with Crippen LogP contribution in [-0.2, 0) is 0 Å². The Morgan fingerprint density at radius 2 is 2.00 bits per heavy atom. The SMILES string of the molecule is CCC1CN(C(C)(C)C)CCC1N. The van der Waals surface area contributed by atoms with Crippen molar-refractivity contribution in [3.8, 4) is 0 Å². The highest BCUT2D eigenvalue weighted by Gasteiger charge is 2.30. The molecular formula is C11H24N2. The van der Waals surface area contributed by atoms with Crippen molar-refractivity contribution in [1.82, 2.24) is 4.90 Å². The number of hydrogen-bond donors (Lipinski definition) is 1. The lowest BCUT2D eigenvalue weighted by molar-refractivity contribution is 0.0671. The minimum atomic E-state index is 0.313. The maximum Gasteiger partial charge on any atom is 0.0125 e. The highest BCUT2D eigenvalue weighted by atomic mass is 15.2. The van der Waals surface area contributed by atoms with E-state index in [1.807, 2.05) is 0 Å². The first kappa shape index (κ1) is 11.0. The number of nitrogens with zero attached hydrogens (tertiary/aromatic N) is 1. The van der Waals surface area contributed by atoms with Crippen LogP contribution < -0.4 is 5.73 Å². The van der Waals surface area contributed by atoms with Gasteiger partial charge < -0.3 is 5.73 Å². The summed E-state index contributed by atoms with van der Waals surface area (Å²) in [5, 5.41) is 0. The molecule has 2 nitrogen and oxygen atoms in total. The van der Waals surface area contributed by atoms with Crippen molar-refractivity contribution in [2.75, 3.05) is 13.1 Å². The fourth-order valence-electron chi connectivity index (χ4n) is 2.09. The molecule has 0 aromatic carbocycles. The van der Waals surface area contributed by atoms with E-state index < -0.39 is 0 Å². The molecular weight excluding hydrogens is 160 g/mol. The van der Waals surface area contributed by atoms with E-state index in [0.717, 1.165) is 6.42 Å². The highest BCUT2D eigenvalue weighted by Crippen LogP contribution is 2.24. The molecule has 1 heterocycles. The number of nitrogens with two attached hydrogens (primary N) is 1. The third-order valence-electron chi connectivity index (χ3n) is 3.27. The van der Waals surface area contributed by atoms with Gasteiger partial charge in [-0.2, -0.15) is 0 Å². The molecule has 78 valence electrons. The minimum Gasteiger partial charge on any atom is -0.327 e. The van der Waals surface area contributed by atoms with Crippen LogP contribution in [0.15, 0.2) is 0 Å². The normalized spacial score (nSPS) is 32.1. The molecule has 0 aromatic heterocycles. The molecule has 0 spiro atoms.